The van der Waals surface area contributed by atoms with Crippen molar-refractivity contribution in [2.75, 3.05) is 13.2 Å². The number of aromatic nitrogens is 4. The molecule has 0 fully saturated rings. The number of ether oxygens (including phenoxy) is 4. The lowest BCUT2D eigenvalue weighted by atomic mass is 10.1. The van der Waals surface area contributed by atoms with Crippen molar-refractivity contribution in [2.45, 2.75) is 38.8 Å². The number of hydrogen-bond acceptors (Lipinski definition) is 10. The molecule has 0 N–H and O–H groups in total. The Kier molecular flexibility index (Phi) is 11.1. The molecule has 6 rings (SSSR count). The van der Waals surface area contributed by atoms with Crippen LogP contribution in [0, 0.1) is 11.6 Å². The molecular weight excluding hydrogens is 768 g/mol. The molecule has 0 aliphatic carbocycles. The third kappa shape index (κ3) is 8.98. The average molecular weight is 795 g/mol. The van der Waals surface area contributed by atoms with Crippen LogP contribution in [0.4, 0.5) is 35.1 Å². The summed E-state index contributed by atoms with van der Waals surface area (Å²) in [6, 6.07) is 15.3. The summed E-state index contributed by atoms with van der Waals surface area (Å²) >= 11 is 0. The molecule has 0 amide bonds. The molecule has 0 aliphatic heterocycles. The molecule has 0 bridgehead atoms. The Morgan fingerprint density at radius 1 is 0.589 bits per heavy atom. The molecule has 2 atom stereocenters. The zero-order chi connectivity index (χ0) is 40.4. The summed E-state index contributed by atoms with van der Waals surface area (Å²) < 4.78 is 126. The minimum atomic E-state index is -4.97. The van der Waals surface area contributed by atoms with Crippen LogP contribution in [0.5, 0.6) is 11.5 Å². The first kappa shape index (κ1) is 39.4. The quantitative estimate of drug-likeness (QED) is 0.0920. The lowest BCUT2D eigenvalue weighted by Crippen LogP contribution is -2.36. The van der Waals surface area contributed by atoms with E-state index in [-0.39, 0.29) is 58.1 Å². The Balaban J connectivity index is 1.35. The smallest absolute Gasteiger partial charge is 0.406 e. The Labute approximate surface area is 309 Å². The average Bonchev–Trinajstić information content (AvgIpc) is 3.65. The molecule has 2 unspecified atom stereocenters. The van der Waals surface area contributed by atoms with Crippen LogP contribution >= 0.6 is 0 Å². The number of imidazole rings is 2. The van der Waals surface area contributed by atoms with E-state index in [4.69, 9.17) is 19.1 Å². The van der Waals surface area contributed by atoms with Crippen molar-refractivity contribution < 1.29 is 73.3 Å². The van der Waals surface area contributed by atoms with Gasteiger partial charge < -0.3 is 28.6 Å². The number of halogens is 8. The molecule has 0 saturated carbocycles. The van der Waals surface area contributed by atoms with E-state index in [9.17, 15) is 44.7 Å². The number of rotatable bonds is 12. The second kappa shape index (κ2) is 15.8. The van der Waals surface area contributed by atoms with Crippen molar-refractivity contribution in [3.05, 3.63) is 119 Å². The van der Waals surface area contributed by atoms with E-state index < -0.39 is 60.0 Å². The summed E-state index contributed by atoms with van der Waals surface area (Å²) in [6.45, 7) is 3.16. The van der Waals surface area contributed by atoms with Crippen LogP contribution in [0.1, 0.15) is 48.8 Å². The summed E-state index contributed by atoms with van der Waals surface area (Å²) in [4.78, 5) is 46.5. The highest BCUT2D eigenvalue weighted by molar-refractivity contribution is 6.30. The standard InChI is InChI=1S/C36H26F8N4O8/c1-3-51-29(19-5-11-23(12-6-19)53-35(39,40)41)31-45-25-17-21(37)9-15-27(25)47(31)55-33(49)34(50)56-48-28-16-10-22(38)18-26(28)46-32(48)30(52-4-2)20-7-13-24(14-8-20)54-36(42,43)44/h5-18,29-30H,3-4H2,1-2H3. The van der Waals surface area contributed by atoms with Gasteiger partial charge in [-0.05, 0) is 73.5 Å². The number of nitrogens with zero attached hydrogens (tertiary/aromatic N) is 4. The van der Waals surface area contributed by atoms with E-state index in [1.54, 1.807) is 13.8 Å². The highest BCUT2D eigenvalue weighted by Gasteiger charge is 2.34. The highest BCUT2D eigenvalue weighted by atomic mass is 19.4. The maximum Gasteiger partial charge on any atom is 0.573 e. The van der Waals surface area contributed by atoms with Crippen LogP contribution < -0.4 is 19.1 Å². The minimum absolute atomic E-state index is 0.00479. The van der Waals surface area contributed by atoms with Gasteiger partial charge in [0.15, 0.2) is 11.6 Å². The fourth-order valence-electron chi connectivity index (χ4n) is 5.52. The Morgan fingerprint density at radius 3 is 1.27 bits per heavy atom. The summed E-state index contributed by atoms with van der Waals surface area (Å²) in [6.07, 6.45) is -12.5. The summed E-state index contributed by atoms with van der Waals surface area (Å²) in [7, 11) is 0. The topological polar surface area (TPSA) is 125 Å². The van der Waals surface area contributed by atoms with Crippen LogP contribution in [0.15, 0.2) is 84.9 Å². The van der Waals surface area contributed by atoms with Gasteiger partial charge >= 0.3 is 24.7 Å². The SMILES string of the molecule is CCOC(c1ccc(OC(F)(F)F)cc1)c1nc2cc(F)ccc2n1OC(=O)C(=O)On1c(C(OCC)c2ccc(OC(F)(F)F)cc2)nc2cc(F)ccc21. The number of hydrogen-bond donors (Lipinski definition) is 0. The molecule has 294 valence electrons. The van der Waals surface area contributed by atoms with E-state index >= 15 is 0 Å². The molecule has 4 aromatic carbocycles. The normalized spacial score (nSPS) is 13.1. The summed E-state index contributed by atoms with van der Waals surface area (Å²) in [5, 5.41) is 0. The maximum absolute atomic E-state index is 14.3. The van der Waals surface area contributed by atoms with Gasteiger partial charge in [-0.3, -0.25) is 0 Å². The van der Waals surface area contributed by atoms with Crippen LogP contribution in [0.25, 0.3) is 22.1 Å². The van der Waals surface area contributed by atoms with E-state index in [1.807, 2.05) is 0 Å². The first-order chi connectivity index (χ1) is 26.5. The Hall–Kier alpha value is -6.28. The lowest BCUT2D eigenvalue weighted by Gasteiger charge is -2.20. The zero-order valence-corrected chi connectivity index (χ0v) is 28.7. The third-order valence-electron chi connectivity index (χ3n) is 7.68. The molecule has 56 heavy (non-hydrogen) atoms. The predicted molar refractivity (Wildman–Crippen MR) is 176 cm³/mol. The van der Waals surface area contributed by atoms with Crippen molar-refractivity contribution in [3.8, 4) is 11.5 Å². The number of carbonyl (C=O) groups is 2. The van der Waals surface area contributed by atoms with E-state index in [1.165, 1.54) is 36.4 Å². The van der Waals surface area contributed by atoms with Crippen LogP contribution in [-0.4, -0.2) is 57.3 Å². The van der Waals surface area contributed by atoms with Crippen LogP contribution in [0.3, 0.4) is 0 Å². The van der Waals surface area contributed by atoms with Crippen molar-refractivity contribution in [1.29, 1.82) is 0 Å². The number of carbonyl (C=O) groups excluding carboxylic acids is 2. The Morgan fingerprint density at radius 2 is 0.946 bits per heavy atom. The molecule has 12 nitrogen and oxygen atoms in total. The van der Waals surface area contributed by atoms with E-state index in [0.717, 1.165) is 58.0 Å². The van der Waals surface area contributed by atoms with Gasteiger partial charge in [0.25, 0.3) is 0 Å². The van der Waals surface area contributed by atoms with Gasteiger partial charge in [-0.1, -0.05) is 24.3 Å². The largest absolute Gasteiger partial charge is 0.573 e. The maximum atomic E-state index is 14.3. The van der Waals surface area contributed by atoms with Gasteiger partial charge in [0.2, 0.25) is 0 Å². The molecule has 20 heteroatoms. The lowest BCUT2D eigenvalue weighted by molar-refractivity contribution is -0.275. The molecule has 0 aliphatic rings. The van der Waals surface area contributed by atoms with Crippen molar-refractivity contribution >= 4 is 34.0 Å². The van der Waals surface area contributed by atoms with Gasteiger partial charge in [0.05, 0.1) is 11.0 Å². The van der Waals surface area contributed by atoms with Gasteiger partial charge in [-0.2, -0.15) is 9.46 Å². The van der Waals surface area contributed by atoms with Crippen molar-refractivity contribution in [1.82, 2.24) is 19.4 Å². The summed E-state index contributed by atoms with van der Waals surface area (Å²) in [5.41, 5.74) is 0.168. The molecule has 2 heterocycles. The Bertz CT molecular complexity index is 2200. The number of fused-ring (bicyclic) bond motifs is 2. The number of benzene rings is 4. The molecule has 0 saturated heterocycles. The fraction of sp³-hybridized carbons (Fsp3) is 0.222. The fourth-order valence-corrected chi connectivity index (χ4v) is 5.52. The van der Waals surface area contributed by atoms with Crippen molar-refractivity contribution in [2.24, 2.45) is 0 Å². The first-order valence-corrected chi connectivity index (χ1v) is 16.3. The van der Waals surface area contributed by atoms with Crippen LogP contribution in [-0.2, 0) is 19.1 Å². The number of alkyl halides is 6. The first-order valence-electron chi connectivity index (χ1n) is 16.3. The van der Waals surface area contributed by atoms with Crippen molar-refractivity contribution in [3.63, 3.8) is 0 Å². The van der Waals surface area contributed by atoms with E-state index in [2.05, 4.69) is 19.4 Å². The van der Waals surface area contributed by atoms with Gasteiger partial charge in [0.1, 0.15) is 46.4 Å². The van der Waals surface area contributed by atoms with E-state index in [0.29, 0.717) is 0 Å². The molecule has 2 aromatic heterocycles. The zero-order valence-electron chi connectivity index (χ0n) is 28.7. The minimum Gasteiger partial charge on any atom is -0.406 e. The predicted octanol–water partition coefficient (Wildman–Crippen LogP) is 7.32. The molecule has 0 spiro atoms. The molecule has 0 radical (unpaired) electrons. The van der Waals surface area contributed by atoms with Gasteiger partial charge in [-0.15, -0.1) is 26.3 Å². The van der Waals surface area contributed by atoms with Crippen LogP contribution in [0.2, 0.25) is 0 Å². The van der Waals surface area contributed by atoms with Gasteiger partial charge in [0, 0.05) is 25.3 Å². The summed E-state index contributed by atoms with van der Waals surface area (Å²) in [5.74, 6) is -6.41. The monoisotopic (exact) mass is 794 g/mol. The molecule has 6 aromatic rings. The van der Waals surface area contributed by atoms with Gasteiger partial charge in [-0.25, -0.2) is 28.3 Å². The second-order valence-electron chi connectivity index (χ2n) is 11.5. The highest BCUT2D eigenvalue weighted by Crippen LogP contribution is 2.33. The third-order valence-corrected chi connectivity index (χ3v) is 7.68. The molecular formula is C36H26F8N4O8. The second-order valence-corrected chi connectivity index (χ2v) is 11.5.